The van der Waals surface area contributed by atoms with Gasteiger partial charge in [0.15, 0.2) is 0 Å². The summed E-state index contributed by atoms with van der Waals surface area (Å²) in [6.07, 6.45) is 2.33. The number of rotatable bonds is 4. The highest BCUT2D eigenvalue weighted by Crippen LogP contribution is 2.23. The van der Waals surface area contributed by atoms with Crippen LogP contribution >= 0.6 is 0 Å². The van der Waals surface area contributed by atoms with Crippen molar-refractivity contribution in [1.29, 1.82) is 0 Å². The monoisotopic (exact) mass is 183 g/mol. The molecular formula is C9H14FN3. The van der Waals surface area contributed by atoms with Gasteiger partial charge in [-0.2, -0.15) is 5.10 Å². The molecule has 0 amide bonds. The second-order valence-electron chi connectivity index (χ2n) is 3.62. The van der Waals surface area contributed by atoms with Crippen molar-refractivity contribution < 1.29 is 4.39 Å². The largest absolute Gasteiger partial charge is 0.304 e. The Labute approximate surface area is 76.7 Å². The molecule has 1 aromatic rings. The highest BCUT2D eigenvalue weighted by molar-refractivity contribution is 5.12. The van der Waals surface area contributed by atoms with E-state index in [4.69, 9.17) is 0 Å². The quantitative estimate of drug-likeness (QED) is 0.742. The summed E-state index contributed by atoms with van der Waals surface area (Å²) in [7, 11) is 0. The maximum absolute atomic E-state index is 12.6. The second kappa shape index (κ2) is 3.46. The third kappa shape index (κ3) is 2.06. The molecule has 4 heteroatoms. The van der Waals surface area contributed by atoms with Gasteiger partial charge >= 0.3 is 0 Å². The normalized spacial score (nSPS) is 18.9. The first-order valence-electron chi connectivity index (χ1n) is 4.63. The van der Waals surface area contributed by atoms with Gasteiger partial charge in [-0.25, -0.2) is 4.39 Å². The van der Waals surface area contributed by atoms with Crippen molar-refractivity contribution in [1.82, 2.24) is 15.5 Å². The first-order valence-corrected chi connectivity index (χ1v) is 4.63. The second-order valence-corrected chi connectivity index (χ2v) is 3.62. The molecule has 0 radical (unpaired) electrons. The van der Waals surface area contributed by atoms with Gasteiger partial charge in [-0.1, -0.05) is 0 Å². The summed E-state index contributed by atoms with van der Waals surface area (Å²) in [6, 6.07) is 2.18. The lowest BCUT2D eigenvalue weighted by Gasteiger charge is -2.11. The van der Waals surface area contributed by atoms with Crippen molar-refractivity contribution in [3.05, 3.63) is 17.5 Å². The van der Waals surface area contributed by atoms with Crippen LogP contribution in [0.3, 0.4) is 0 Å². The molecule has 1 saturated carbocycles. The molecule has 2 rings (SSSR count). The van der Waals surface area contributed by atoms with Crippen molar-refractivity contribution in [2.75, 3.05) is 6.67 Å². The van der Waals surface area contributed by atoms with Crippen LogP contribution in [0.2, 0.25) is 0 Å². The number of H-pyrrole nitrogens is 1. The van der Waals surface area contributed by atoms with E-state index < -0.39 is 0 Å². The SMILES string of the molecule is Cc1cc(C(CF)NC2CC2)n[nH]1. The lowest BCUT2D eigenvalue weighted by Crippen LogP contribution is -2.25. The van der Waals surface area contributed by atoms with Crippen LogP contribution in [0.5, 0.6) is 0 Å². The maximum atomic E-state index is 12.6. The van der Waals surface area contributed by atoms with E-state index in [1.165, 1.54) is 12.8 Å². The van der Waals surface area contributed by atoms with E-state index >= 15 is 0 Å². The third-order valence-electron chi connectivity index (χ3n) is 2.25. The zero-order valence-electron chi connectivity index (χ0n) is 7.68. The van der Waals surface area contributed by atoms with Gasteiger partial charge in [0.1, 0.15) is 6.67 Å². The van der Waals surface area contributed by atoms with Crippen LogP contribution in [0.1, 0.15) is 30.3 Å². The van der Waals surface area contributed by atoms with Crippen molar-refractivity contribution >= 4 is 0 Å². The Morgan fingerprint density at radius 3 is 3.00 bits per heavy atom. The van der Waals surface area contributed by atoms with Crippen LogP contribution in [0.4, 0.5) is 4.39 Å². The van der Waals surface area contributed by atoms with Crippen molar-refractivity contribution in [2.24, 2.45) is 0 Å². The van der Waals surface area contributed by atoms with E-state index in [0.717, 1.165) is 11.4 Å². The Bertz CT molecular complexity index is 280. The fourth-order valence-corrected chi connectivity index (χ4v) is 1.36. The number of halogens is 1. The Balaban J connectivity index is 2.01. The van der Waals surface area contributed by atoms with Crippen LogP contribution in [0.25, 0.3) is 0 Å². The summed E-state index contributed by atoms with van der Waals surface area (Å²) in [5, 5.41) is 10.1. The predicted octanol–water partition coefficient (Wildman–Crippen LogP) is 1.48. The fraction of sp³-hybridized carbons (Fsp3) is 0.667. The summed E-state index contributed by atoms with van der Waals surface area (Å²) >= 11 is 0. The lowest BCUT2D eigenvalue weighted by molar-refractivity contribution is 0.374. The number of aryl methyl sites for hydroxylation is 1. The third-order valence-corrected chi connectivity index (χ3v) is 2.25. The van der Waals surface area contributed by atoms with Crippen LogP contribution in [0.15, 0.2) is 6.07 Å². The number of nitrogens with zero attached hydrogens (tertiary/aromatic N) is 1. The van der Waals surface area contributed by atoms with Gasteiger partial charge in [0.05, 0.1) is 11.7 Å². The van der Waals surface area contributed by atoms with Gasteiger partial charge in [0.2, 0.25) is 0 Å². The topological polar surface area (TPSA) is 40.7 Å². The van der Waals surface area contributed by atoms with E-state index in [0.29, 0.717) is 6.04 Å². The number of nitrogens with one attached hydrogen (secondary N) is 2. The summed E-state index contributed by atoms with van der Waals surface area (Å²) < 4.78 is 12.6. The van der Waals surface area contributed by atoms with E-state index in [9.17, 15) is 4.39 Å². The Kier molecular flexibility index (Phi) is 2.31. The van der Waals surface area contributed by atoms with Gasteiger partial charge < -0.3 is 5.32 Å². The molecule has 1 atom stereocenters. The van der Waals surface area contributed by atoms with E-state index in [2.05, 4.69) is 15.5 Å². The molecule has 0 aliphatic heterocycles. The van der Waals surface area contributed by atoms with Crippen LogP contribution in [-0.2, 0) is 0 Å². The lowest BCUT2D eigenvalue weighted by atomic mass is 10.2. The van der Waals surface area contributed by atoms with Gasteiger partial charge in [-0.15, -0.1) is 0 Å². The molecule has 0 aromatic carbocycles. The molecule has 0 saturated heterocycles. The number of hydrogen-bond donors (Lipinski definition) is 2. The molecule has 1 fully saturated rings. The first kappa shape index (κ1) is 8.69. The summed E-state index contributed by atoms with van der Waals surface area (Å²) in [6.45, 7) is 1.53. The van der Waals surface area contributed by atoms with Gasteiger partial charge in [-0.3, -0.25) is 5.10 Å². The Morgan fingerprint density at radius 1 is 1.77 bits per heavy atom. The number of aromatic amines is 1. The van der Waals surface area contributed by atoms with Gasteiger partial charge in [0, 0.05) is 11.7 Å². The standard InChI is InChI=1S/C9H14FN3/c1-6-4-8(13-12-6)9(5-10)11-7-2-3-7/h4,7,9,11H,2-3,5H2,1H3,(H,12,13). The molecule has 1 aliphatic rings. The number of aromatic nitrogens is 2. The number of alkyl halides is 1. The highest BCUT2D eigenvalue weighted by Gasteiger charge is 2.26. The Hall–Kier alpha value is -0.900. The zero-order chi connectivity index (χ0) is 9.26. The molecule has 1 unspecified atom stereocenters. The molecule has 1 aliphatic carbocycles. The molecule has 3 nitrogen and oxygen atoms in total. The summed E-state index contributed by atoms with van der Waals surface area (Å²) in [5.74, 6) is 0. The van der Waals surface area contributed by atoms with E-state index in [1.807, 2.05) is 13.0 Å². The van der Waals surface area contributed by atoms with Crippen molar-refractivity contribution in [3.8, 4) is 0 Å². The average molecular weight is 183 g/mol. The predicted molar refractivity (Wildman–Crippen MR) is 48.2 cm³/mol. The minimum Gasteiger partial charge on any atom is -0.304 e. The fourth-order valence-electron chi connectivity index (χ4n) is 1.36. The number of hydrogen-bond acceptors (Lipinski definition) is 2. The van der Waals surface area contributed by atoms with Gasteiger partial charge in [-0.05, 0) is 25.8 Å². The molecule has 13 heavy (non-hydrogen) atoms. The zero-order valence-corrected chi connectivity index (χ0v) is 7.68. The molecule has 2 N–H and O–H groups in total. The molecule has 1 heterocycles. The maximum Gasteiger partial charge on any atom is 0.110 e. The van der Waals surface area contributed by atoms with Crippen LogP contribution in [0, 0.1) is 6.92 Å². The highest BCUT2D eigenvalue weighted by atomic mass is 19.1. The smallest absolute Gasteiger partial charge is 0.110 e. The van der Waals surface area contributed by atoms with Crippen LogP contribution < -0.4 is 5.32 Å². The first-order chi connectivity index (χ1) is 6.29. The summed E-state index contributed by atoms with van der Waals surface area (Å²) in [5.41, 5.74) is 1.76. The van der Waals surface area contributed by atoms with Crippen molar-refractivity contribution in [2.45, 2.75) is 31.8 Å². The van der Waals surface area contributed by atoms with Gasteiger partial charge in [0.25, 0.3) is 0 Å². The minimum absolute atomic E-state index is 0.225. The Morgan fingerprint density at radius 2 is 2.54 bits per heavy atom. The molecule has 0 spiro atoms. The average Bonchev–Trinajstić information content (AvgIpc) is 2.84. The minimum atomic E-state index is -0.388. The summed E-state index contributed by atoms with van der Waals surface area (Å²) in [4.78, 5) is 0. The van der Waals surface area contributed by atoms with E-state index in [1.54, 1.807) is 0 Å². The van der Waals surface area contributed by atoms with E-state index in [-0.39, 0.29) is 12.7 Å². The molecular weight excluding hydrogens is 169 g/mol. The van der Waals surface area contributed by atoms with Crippen molar-refractivity contribution in [3.63, 3.8) is 0 Å². The molecule has 0 bridgehead atoms. The van der Waals surface area contributed by atoms with Crippen LogP contribution in [-0.4, -0.2) is 22.9 Å². The molecule has 72 valence electrons. The molecule has 1 aromatic heterocycles.